The van der Waals surface area contributed by atoms with Crippen molar-refractivity contribution in [3.05, 3.63) is 96.6 Å². The van der Waals surface area contributed by atoms with Gasteiger partial charge in [0.05, 0.1) is 11.1 Å². The molecule has 2 aromatic heterocycles. The summed E-state index contributed by atoms with van der Waals surface area (Å²) in [6, 6.07) is 28.3. The van der Waals surface area contributed by atoms with E-state index in [-0.39, 0.29) is 5.56 Å². The summed E-state index contributed by atoms with van der Waals surface area (Å²) in [5, 5.41) is 5.02. The quantitative estimate of drug-likeness (QED) is 0.273. The fraction of sp³-hybridized carbons (Fsp3) is 0.100. The number of esters is 1. The van der Waals surface area contributed by atoms with Gasteiger partial charge in [0.1, 0.15) is 5.52 Å². The van der Waals surface area contributed by atoms with E-state index < -0.39 is 18.5 Å². The van der Waals surface area contributed by atoms with Crippen LogP contribution in [0.3, 0.4) is 0 Å². The SMILES string of the molecule is CCn1c2ccccc2c2cc(NC(=O)COC(=O)c3ccccc3-c3nc4ccccc4o3)ccc21. The van der Waals surface area contributed by atoms with Gasteiger partial charge in [-0.05, 0) is 55.5 Å². The predicted molar refractivity (Wildman–Crippen MR) is 143 cm³/mol. The highest BCUT2D eigenvalue weighted by Gasteiger charge is 2.19. The number of anilines is 1. The molecule has 0 fully saturated rings. The first-order valence-corrected chi connectivity index (χ1v) is 12.1. The second-order valence-electron chi connectivity index (χ2n) is 8.65. The fourth-order valence-corrected chi connectivity index (χ4v) is 4.71. The standard InChI is InChI=1S/C30H23N3O4/c1-2-33-25-13-7-5-9-20(25)23-17-19(15-16-26(23)33)31-28(34)18-36-30(35)22-11-4-3-10-21(22)29-32-24-12-6-8-14-27(24)37-29/h3-17H,2,18H2,1H3,(H,31,34). The van der Waals surface area contributed by atoms with Crippen LogP contribution in [-0.2, 0) is 16.1 Å². The number of rotatable bonds is 6. The number of ether oxygens (including phenoxy) is 1. The van der Waals surface area contributed by atoms with Crippen LogP contribution in [0.2, 0.25) is 0 Å². The first-order chi connectivity index (χ1) is 18.1. The van der Waals surface area contributed by atoms with E-state index >= 15 is 0 Å². The number of nitrogens with one attached hydrogen (secondary N) is 1. The molecule has 0 saturated carbocycles. The lowest BCUT2D eigenvalue weighted by atomic mass is 10.1. The molecule has 2 heterocycles. The molecule has 0 bridgehead atoms. The summed E-state index contributed by atoms with van der Waals surface area (Å²) in [6.45, 7) is 2.53. The smallest absolute Gasteiger partial charge is 0.339 e. The van der Waals surface area contributed by atoms with Crippen LogP contribution in [0.1, 0.15) is 17.3 Å². The molecule has 1 amide bonds. The van der Waals surface area contributed by atoms with Crippen molar-refractivity contribution in [1.82, 2.24) is 9.55 Å². The molecule has 1 N–H and O–H groups in total. The van der Waals surface area contributed by atoms with Crippen molar-refractivity contribution in [3.63, 3.8) is 0 Å². The van der Waals surface area contributed by atoms with Crippen LogP contribution in [-0.4, -0.2) is 28.0 Å². The van der Waals surface area contributed by atoms with E-state index in [0.717, 1.165) is 28.4 Å². The summed E-state index contributed by atoms with van der Waals surface area (Å²) < 4.78 is 13.4. The molecule has 0 saturated heterocycles. The lowest BCUT2D eigenvalue weighted by Crippen LogP contribution is -2.21. The maximum atomic E-state index is 12.9. The molecule has 0 aliphatic heterocycles. The van der Waals surface area contributed by atoms with Crippen molar-refractivity contribution in [2.75, 3.05) is 11.9 Å². The molecule has 7 nitrogen and oxygen atoms in total. The van der Waals surface area contributed by atoms with Gasteiger partial charge in [0.15, 0.2) is 12.2 Å². The van der Waals surface area contributed by atoms with Gasteiger partial charge in [-0.2, -0.15) is 0 Å². The first kappa shape index (κ1) is 22.5. The Balaban J connectivity index is 1.19. The molecular weight excluding hydrogens is 466 g/mol. The van der Waals surface area contributed by atoms with E-state index in [9.17, 15) is 9.59 Å². The number of amides is 1. The second-order valence-corrected chi connectivity index (χ2v) is 8.65. The number of aryl methyl sites for hydroxylation is 1. The lowest BCUT2D eigenvalue weighted by molar-refractivity contribution is -0.119. The van der Waals surface area contributed by atoms with Gasteiger partial charge in [-0.1, -0.05) is 42.5 Å². The summed E-state index contributed by atoms with van der Waals surface area (Å²) >= 11 is 0. The highest BCUT2D eigenvalue weighted by atomic mass is 16.5. The Bertz CT molecular complexity index is 1760. The number of hydrogen-bond donors (Lipinski definition) is 1. The molecule has 0 atom stereocenters. The monoisotopic (exact) mass is 489 g/mol. The van der Waals surface area contributed by atoms with Crippen molar-refractivity contribution >= 4 is 50.5 Å². The number of carbonyl (C=O) groups excluding carboxylic acids is 2. The van der Waals surface area contributed by atoms with Crippen LogP contribution in [0.5, 0.6) is 0 Å². The minimum Gasteiger partial charge on any atom is -0.452 e. The van der Waals surface area contributed by atoms with Gasteiger partial charge in [0, 0.05) is 34.0 Å². The maximum absolute atomic E-state index is 12.9. The molecular formula is C30H23N3O4. The average Bonchev–Trinajstić information content (AvgIpc) is 3.50. The minimum absolute atomic E-state index is 0.274. The van der Waals surface area contributed by atoms with Gasteiger partial charge >= 0.3 is 5.97 Å². The lowest BCUT2D eigenvalue weighted by Gasteiger charge is -2.09. The number of para-hydroxylation sites is 3. The molecule has 0 radical (unpaired) electrons. The number of hydrogen-bond acceptors (Lipinski definition) is 5. The van der Waals surface area contributed by atoms with Gasteiger partial charge in [-0.15, -0.1) is 0 Å². The van der Waals surface area contributed by atoms with Crippen molar-refractivity contribution in [2.45, 2.75) is 13.5 Å². The highest BCUT2D eigenvalue weighted by Crippen LogP contribution is 2.31. The molecule has 0 spiro atoms. The summed E-state index contributed by atoms with van der Waals surface area (Å²) in [5.41, 5.74) is 4.98. The molecule has 4 aromatic carbocycles. The number of benzene rings is 4. The fourth-order valence-electron chi connectivity index (χ4n) is 4.71. The largest absolute Gasteiger partial charge is 0.452 e. The molecule has 6 aromatic rings. The van der Waals surface area contributed by atoms with Crippen LogP contribution >= 0.6 is 0 Å². The molecule has 6 rings (SSSR count). The Morgan fingerprint density at radius 1 is 0.892 bits per heavy atom. The van der Waals surface area contributed by atoms with Crippen LogP contribution < -0.4 is 5.32 Å². The van der Waals surface area contributed by atoms with Crippen molar-refractivity contribution in [2.24, 2.45) is 0 Å². The molecule has 37 heavy (non-hydrogen) atoms. The normalized spacial score (nSPS) is 11.3. The number of oxazole rings is 1. The molecule has 0 aliphatic carbocycles. The van der Waals surface area contributed by atoms with E-state index in [4.69, 9.17) is 9.15 Å². The first-order valence-electron chi connectivity index (χ1n) is 12.1. The third kappa shape index (κ3) is 4.10. The topological polar surface area (TPSA) is 86.4 Å². The Morgan fingerprint density at radius 2 is 1.65 bits per heavy atom. The van der Waals surface area contributed by atoms with Crippen molar-refractivity contribution < 1.29 is 18.7 Å². The number of carbonyl (C=O) groups is 2. The Labute approximate surface area is 212 Å². The third-order valence-electron chi connectivity index (χ3n) is 6.38. The molecule has 0 unspecified atom stereocenters. The minimum atomic E-state index is -0.630. The van der Waals surface area contributed by atoms with E-state index in [2.05, 4.69) is 33.9 Å². The summed E-state index contributed by atoms with van der Waals surface area (Å²) in [7, 11) is 0. The Hall–Kier alpha value is -4.91. The van der Waals surface area contributed by atoms with Crippen LogP contribution in [0.25, 0.3) is 44.4 Å². The van der Waals surface area contributed by atoms with E-state index in [0.29, 0.717) is 28.2 Å². The van der Waals surface area contributed by atoms with E-state index in [1.807, 2.05) is 54.6 Å². The molecule has 7 heteroatoms. The van der Waals surface area contributed by atoms with Crippen molar-refractivity contribution in [3.8, 4) is 11.5 Å². The second kappa shape index (κ2) is 9.28. The van der Waals surface area contributed by atoms with Crippen LogP contribution in [0, 0.1) is 0 Å². The maximum Gasteiger partial charge on any atom is 0.339 e. The molecule has 0 aliphatic rings. The van der Waals surface area contributed by atoms with Gasteiger partial charge in [-0.25, -0.2) is 9.78 Å². The summed E-state index contributed by atoms with van der Waals surface area (Å²) in [6.07, 6.45) is 0. The summed E-state index contributed by atoms with van der Waals surface area (Å²) in [5.74, 6) is -0.738. The highest BCUT2D eigenvalue weighted by molar-refractivity contribution is 6.10. The zero-order valence-corrected chi connectivity index (χ0v) is 20.1. The van der Waals surface area contributed by atoms with Crippen LogP contribution in [0.4, 0.5) is 5.69 Å². The number of fused-ring (bicyclic) bond motifs is 4. The van der Waals surface area contributed by atoms with Gasteiger partial charge in [0.2, 0.25) is 5.89 Å². The van der Waals surface area contributed by atoms with Gasteiger partial charge in [0.25, 0.3) is 5.91 Å². The number of aromatic nitrogens is 2. The Morgan fingerprint density at radius 3 is 2.51 bits per heavy atom. The predicted octanol–water partition coefficient (Wildman–Crippen LogP) is 6.42. The van der Waals surface area contributed by atoms with Gasteiger partial charge < -0.3 is 19.0 Å². The third-order valence-corrected chi connectivity index (χ3v) is 6.38. The van der Waals surface area contributed by atoms with E-state index in [1.54, 1.807) is 24.3 Å². The molecule has 182 valence electrons. The summed E-state index contributed by atoms with van der Waals surface area (Å²) in [4.78, 5) is 30.0. The van der Waals surface area contributed by atoms with Crippen LogP contribution in [0.15, 0.2) is 95.4 Å². The van der Waals surface area contributed by atoms with E-state index in [1.165, 1.54) is 0 Å². The average molecular weight is 490 g/mol. The Kier molecular flexibility index (Phi) is 5.65. The van der Waals surface area contributed by atoms with Crippen molar-refractivity contribution in [1.29, 1.82) is 0 Å². The number of nitrogens with zero attached hydrogens (tertiary/aromatic N) is 2. The zero-order chi connectivity index (χ0) is 25.4. The van der Waals surface area contributed by atoms with Gasteiger partial charge in [-0.3, -0.25) is 4.79 Å². The zero-order valence-electron chi connectivity index (χ0n) is 20.1.